The van der Waals surface area contributed by atoms with E-state index in [1.807, 2.05) is 49.4 Å². The van der Waals surface area contributed by atoms with Gasteiger partial charge in [0.25, 0.3) is 5.91 Å². The zero-order valence-electron chi connectivity index (χ0n) is 13.0. The molecule has 0 aliphatic rings. The third-order valence-corrected chi connectivity index (χ3v) is 3.60. The number of anilines is 3. The first-order valence-electron chi connectivity index (χ1n) is 7.33. The van der Waals surface area contributed by atoms with Gasteiger partial charge in [0.1, 0.15) is 11.5 Å². The highest BCUT2D eigenvalue weighted by atomic mass is 35.5. The number of amides is 1. The molecule has 0 saturated carbocycles. The molecular weight excluding hydrogens is 324 g/mol. The Labute approximate surface area is 144 Å². The highest BCUT2D eigenvalue weighted by molar-refractivity contribution is 6.30. The molecule has 24 heavy (non-hydrogen) atoms. The molecule has 0 unspecified atom stereocenters. The molecule has 3 rings (SSSR count). The van der Waals surface area contributed by atoms with Crippen LogP contribution in [0.2, 0.25) is 5.02 Å². The third-order valence-electron chi connectivity index (χ3n) is 3.37. The minimum atomic E-state index is -0.303. The lowest BCUT2D eigenvalue weighted by atomic mass is 10.2. The van der Waals surface area contributed by atoms with Gasteiger partial charge in [-0.15, -0.1) is 0 Å². The van der Waals surface area contributed by atoms with E-state index < -0.39 is 0 Å². The van der Waals surface area contributed by atoms with Gasteiger partial charge in [-0.3, -0.25) is 4.79 Å². The summed E-state index contributed by atoms with van der Waals surface area (Å²) in [4.78, 5) is 20.5. The molecule has 1 aromatic heterocycles. The Morgan fingerprint density at radius 2 is 1.83 bits per heavy atom. The molecular formula is C18H15ClN4O. The van der Waals surface area contributed by atoms with Crippen molar-refractivity contribution >= 4 is 34.7 Å². The average molecular weight is 339 g/mol. The van der Waals surface area contributed by atoms with Crippen molar-refractivity contribution in [3.63, 3.8) is 0 Å². The Hall–Kier alpha value is -2.92. The van der Waals surface area contributed by atoms with E-state index >= 15 is 0 Å². The molecule has 6 heteroatoms. The second kappa shape index (κ2) is 7.10. The molecule has 0 spiro atoms. The molecule has 1 heterocycles. The molecule has 0 aliphatic heterocycles. The molecule has 0 bridgehead atoms. The molecule has 0 fully saturated rings. The first kappa shape index (κ1) is 16.0. The van der Waals surface area contributed by atoms with Gasteiger partial charge in [0.2, 0.25) is 0 Å². The average Bonchev–Trinajstić information content (AvgIpc) is 2.59. The zero-order valence-corrected chi connectivity index (χ0v) is 13.7. The van der Waals surface area contributed by atoms with Crippen LogP contribution in [-0.4, -0.2) is 15.9 Å². The number of carbonyl (C=O) groups is 1. The van der Waals surface area contributed by atoms with Gasteiger partial charge in [-0.2, -0.15) is 0 Å². The monoisotopic (exact) mass is 338 g/mol. The van der Waals surface area contributed by atoms with E-state index in [1.165, 1.54) is 12.4 Å². The van der Waals surface area contributed by atoms with Crippen LogP contribution in [0.15, 0.2) is 60.9 Å². The smallest absolute Gasteiger partial charge is 0.275 e. The van der Waals surface area contributed by atoms with Crippen LogP contribution in [-0.2, 0) is 0 Å². The Balaban J connectivity index is 1.70. The molecule has 2 N–H and O–H groups in total. The lowest BCUT2D eigenvalue weighted by Crippen LogP contribution is -2.14. The Kier molecular flexibility index (Phi) is 4.72. The minimum absolute atomic E-state index is 0.247. The molecule has 2 aromatic carbocycles. The summed E-state index contributed by atoms with van der Waals surface area (Å²) in [6.07, 6.45) is 2.96. The van der Waals surface area contributed by atoms with E-state index in [0.29, 0.717) is 16.5 Å². The van der Waals surface area contributed by atoms with Crippen LogP contribution in [0.25, 0.3) is 0 Å². The van der Waals surface area contributed by atoms with Gasteiger partial charge in [0.05, 0.1) is 12.4 Å². The number of rotatable bonds is 4. The van der Waals surface area contributed by atoms with Crippen LogP contribution >= 0.6 is 11.6 Å². The summed E-state index contributed by atoms with van der Waals surface area (Å²) in [5.74, 6) is 0.250. The van der Waals surface area contributed by atoms with Gasteiger partial charge < -0.3 is 10.6 Å². The normalized spacial score (nSPS) is 10.2. The number of aromatic nitrogens is 2. The zero-order chi connectivity index (χ0) is 16.9. The second-order valence-corrected chi connectivity index (χ2v) is 5.63. The summed E-state index contributed by atoms with van der Waals surface area (Å²) in [7, 11) is 0. The van der Waals surface area contributed by atoms with Gasteiger partial charge in [-0.25, -0.2) is 9.97 Å². The van der Waals surface area contributed by atoms with Crippen molar-refractivity contribution in [2.24, 2.45) is 0 Å². The van der Waals surface area contributed by atoms with Crippen molar-refractivity contribution < 1.29 is 4.79 Å². The fraction of sp³-hybridized carbons (Fsp3) is 0.0556. The molecule has 0 aliphatic carbocycles. The van der Waals surface area contributed by atoms with Crippen molar-refractivity contribution in [1.82, 2.24) is 9.97 Å². The van der Waals surface area contributed by atoms with Crippen molar-refractivity contribution in [1.29, 1.82) is 0 Å². The number of nitrogens with zero attached hydrogens (tertiary/aromatic N) is 2. The maximum Gasteiger partial charge on any atom is 0.275 e. The van der Waals surface area contributed by atoms with Gasteiger partial charge in [0.15, 0.2) is 0 Å². The topological polar surface area (TPSA) is 66.9 Å². The molecule has 3 aromatic rings. The van der Waals surface area contributed by atoms with Gasteiger partial charge in [-0.1, -0.05) is 29.8 Å². The van der Waals surface area contributed by atoms with E-state index in [0.717, 1.165) is 11.3 Å². The second-order valence-electron chi connectivity index (χ2n) is 5.19. The van der Waals surface area contributed by atoms with Crippen LogP contribution in [0.4, 0.5) is 17.2 Å². The number of benzene rings is 2. The van der Waals surface area contributed by atoms with E-state index in [2.05, 4.69) is 20.6 Å². The molecule has 1 amide bonds. The summed E-state index contributed by atoms with van der Waals surface area (Å²) in [6.45, 7) is 1.95. The van der Waals surface area contributed by atoms with Crippen LogP contribution < -0.4 is 10.6 Å². The number of para-hydroxylation sites is 1. The van der Waals surface area contributed by atoms with E-state index in [-0.39, 0.29) is 11.6 Å². The van der Waals surface area contributed by atoms with Crippen LogP contribution in [0.3, 0.4) is 0 Å². The third kappa shape index (κ3) is 3.88. The Bertz CT molecular complexity index is 851. The van der Waals surface area contributed by atoms with Gasteiger partial charge in [0, 0.05) is 16.4 Å². The number of nitrogens with one attached hydrogen (secondary N) is 2. The summed E-state index contributed by atoms with van der Waals surface area (Å²) < 4.78 is 0. The predicted octanol–water partition coefficient (Wildman–Crippen LogP) is 4.43. The van der Waals surface area contributed by atoms with E-state index in [9.17, 15) is 4.79 Å². The maximum atomic E-state index is 12.1. The number of hydrogen-bond donors (Lipinski definition) is 2. The summed E-state index contributed by atoms with van der Waals surface area (Å²) in [5.41, 5.74) is 2.84. The number of hydrogen-bond acceptors (Lipinski definition) is 4. The largest absolute Gasteiger partial charge is 0.339 e. The summed E-state index contributed by atoms with van der Waals surface area (Å²) >= 11 is 5.94. The van der Waals surface area contributed by atoms with E-state index in [1.54, 1.807) is 6.07 Å². The Morgan fingerprint density at radius 1 is 1.04 bits per heavy atom. The van der Waals surface area contributed by atoms with Crippen LogP contribution in [0.1, 0.15) is 16.1 Å². The van der Waals surface area contributed by atoms with E-state index in [4.69, 9.17) is 11.6 Å². The lowest BCUT2D eigenvalue weighted by molar-refractivity contribution is 0.102. The molecule has 0 atom stereocenters. The predicted molar refractivity (Wildman–Crippen MR) is 95.9 cm³/mol. The molecule has 120 valence electrons. The lowest BCUT2D eigenvalue weighted by Gasteiger charge is -2.09. The standard InChI is InChI=1S/C18H15ClN4O/c1-12-9-13(19)7-8-15(12)23-17-11-20-16(10-21-17)18(24)22-14-5-3-2-4-6-14/h2-11H,1H3,(H,21,23)(H,22,24). The quantitative estimate of drug-likeness (QED) is 0.738. The van der Waals surface area contributed by atoms with Crippen molar-refractivity contribution in [3.05, 3.63) is 77.2 Å². The number of carbonyl (C=O) groups excluding carboxylic acids is 1. The van der Waals surface area contributed by atoms with Crippen molar-refractivity contribution in [2.45, 2.75) is 6.92 Å². The maximum absolute atomic E-state index is 12.1. The molecule has 0 saturated heterocycles. The number of halogens is 1. The summed E-state index contributed by atoms with van der Waals surface area (Å²) in [5, 5.41) is 6.60. The van der Waals surface area contributed by atoms with Gasteiger partial charge in [-0.05, 0) is 42.8 Å². The SMILES string of the molecule is Cc1cc(Cl)ccc1Nc1cnc(C(=O)Nc2ccccc2)cn1. The van der Waals surface area contributed by atoms with Crippen molar-refractivity contribution in [2.75, 3.05) is 10.6 Å². The highest BCUT2D eigenvalue weighted by Gasteiger charge is 2.09. The van der Waals surface area contributed by atoms with Crippen LogP contribution in [0.5, 0.6) is 0 Å². The Morgan fingerprint density at radius 3 is 2.50 bits per heavy atom. The summed E-state index contributed by atoms with van der Waals surface area (Å²) in [6, 6.07) is 14.7. The minimum Gasteiger partial charge on any atom is -0.339 e. The van der Waals surface area contributed by atoms with Crippen LogP contribution in [0, 0.1) is 6.92 Å². The first-order valence-corrected chi connectivity index (χ1v) is 7.71. The fourth-order valence-electron chi connectivity index (χ4n) is 2.13. The molecule has 5 nitrogen and oxygen atoms in total. The fourth-order valence-corrected chi connectivity index (χ4v) is 2.36. The van der Waals surface area contributed by atoms with Gasteiger partial charge >= 0.3 is 0 Å². The first-order chi connectivity index (χ1) is 11.6. The van der Waals surface area contributed by atoms with Crippen molar-refractivity contribution in [3.8, 4) is 0 Å². The number of aryl methyl sites for hydroxylation is 1. The molecule has 0 radical (unpaired) electrons. The highest BCUT2D eigenvalue weighted by Crippen LogP contribution is 2.22.